The summed E-state index contributed by atoms with van der Waals surface area (Å²) in [5.41, 5.74) is 4.08. The van der Waals surface area contributed by atoms with Crippen molar-refractivity contribution in [1.82, 2.24) is 30.0 Å². The van der Waals surface area contributed by atoms with Crippen LogP contribution in [0.3, 0.4) is 0 Å². The highest BCUT2D eigenvalue weighted by molar-refractivity contribution is 6.33. The van der Waals surface area contributed by atoms with E-state index < -0.39 is 30.4 Å². The Kier molecular flexibility index (Phi) is 7.51. The van der Waals surface area contributed by atoms with E-state index in [0.29, 0.717) is 44.6 Å². The van der Waals surface area contributed by atoms with Crippen molar-refractivity contribution in [1.29, 1.82) is 0 Å². The number of carbonyl (C=O) groups excluding carboxylic acids is 2. The van der Waals surface area contributed by atoms with Gasteiger partial charge in [0.2, 0.25) is 11.9 Å². The number of aliphatic hydroxyl groups is 1. The van der Waals surface area contributed by atoms with Gasteiger partial charge in [0.1, 0.15) is 11.9 Å². The van der Waals surface area contributed by atoms with Crippen LogP contribution >= 0.6 is 11.6 Å². The van der Waals surface area contributed by atoms with E-state index in [0.717, 1.165) is 5.56 Å². The first kappa shape index (κ1) is 27.2. The molecule has 12 heteroatoms. The Hall–Kier alpha value is -4.35. The first-order chi connectivity index (χ1) is 19.1. The molecule has 4 aromatic rings. The maximum absolute atomic E-state index is 13.9. The van der Waals surface area contributed by atoms with Crippen molar-refractivity contribution in [2.45, 2.75) is 32.5 Å². The third-order valence-electron chi connectivity index (χ3n) is 6.73. The van der Waals surface area contributed by atoms with Crippen LogP contribution in [-0.4, -0.2) is 54.2 Å². The lowest BCUT2D eigenvalue weighted by Crippen LogP contribution is -2.46. The molecule has 2 aromatic heterocycles. The van der Waals surface area contributed by atoms with E-state index in [2.05, 4.69) is 25.7 Å². The van der Waals surface area contributed by atoms with Crippen LogP contribution in [-0.2, 0) is 18.4 Å². The van der Waals surface area contributed by atoms with Crippen molar-refractivity contribution in [2.24, 2.45) is 7.05 Å². The number of aryl methyl sites for hydroxylation is 2. The molecular formula is C28H27ClFN7O3. The monoisotopic (exact) mass is 563 g/mol. The van der Waals surface area contributed by atoms with Crippen LogP contribution < -0.4 is 10.6 Å². The van der Waals surface area contributed by atoms with Gasteiger partial charge in [0.25, 0.3) is 5.91 Å². The Bertz CT molecular complexity index is 1590. The van der Waals surface area contributed by atoms with Crippen LogP contribution in [0, 0.1) is 12.7 Å². The van der Waals surface area contributed by atoms with Crippen molar-refractivity contribution in [3.8, 4) is 11.3 Å². The van der Waals surface area contributed by atoms with E-state index in [4.69, 9.17) is 11.6 Å². The van der Waals surface area contributed by atoms with Gasteiger partial charge in [-0.3, -0.25) is 14.3 Å². The molecule has 0 bridgehead atoms. The number of hydrogen-bond acceptors (Lipinski definition) is 7. The Morgan fingerprint density at radius 1 is 1.23 bits per heavy atom. The molecule has 1 aliphatic rings. The van der Waals surface area contributed by atoms with E-state index in [1.165, 1.54) is 23.2 Å². The van der Waals surface area contributed by atoms with Crippen molar-refractivity contribution in [2.75, 3.05) is 11.9 Å². The van der Waals surface area contributed by atoms with Crippen molar-refractivity contribution < 1.29 is 19.1 Å². The molecule has 1 aliphatic heterocycles. The van der Waals surface area contributed by atoms with Gasteiger partial charge in [-0.05, 0) is 48.7 Å². The normalized spacial score (nSPS) is 14.2. The number of halogens is 2. The van der Waals surface area contributed by atoms with Crippen LogP contribution in [0.4, 0.5) is 16.0 Å². The number of amides is 2. The highest BCUT2D eigenvalue weighted by Crippen LogP contribution is 2.32. The van der Waals surface area contributed by atoms with E-state index in [1.807, 2.05) is 12.1 Å². The fraction of sp³-hybridized carbons (Fsp3) is 0.250. The molecule has 2 atom stereocenters. The van der Waals surface area contributed by atoms with Crippen molar-refractivity contribution in [3.63, 3.8) is 0 Å². The van der Waals surface area contributed by atoms with Crippen LogP contribution in [0.1, 0.15) is 40.0 Å². The van der Waals surface area contributed by atoms with Gasteiger partial charge in [-0.2, -0.15) is 5.10 Å². The van der Waals surface area contributed by atoms with Gasteiger partial charge in [-0.15, -0.1) is 0 Å². The molecule has 0 radical (unpaired) electrons. The topological polar surface area (TPSA) is 125 Å². The predicted molar refractivity (Wildman–Crippen MR) is 147 cm³/mol. The number of nitrogens with one attached hydrogen (secondary N) is 2. The smallest absolute Gasteiger partial charge is 0.255 e. The molecule has 2 aromatic carbocycles. The van der Waals surface area contributed by atoms with Crippen LogP contribution in [0.25, 0.3) is 11.3 Å². The summed E-state index contributed by atoms with van der Waals surface area (Å²) in [6.07, 6.45) is 4.90. The minimum atomic E-state index is -0.843. The number of hydrogen-bond donors (Lipinski definition) is 3. The molecule has 5 rings (SSSR count). The summed E-state index contributed by atoms with van der Waals surface area (Å²) in [6, 6.07) is 8.01. The molecule has 2 amide bonds. The van der Waals surface area contributed by atoms with E-state index >= 15 is 0 Å². The largest absolute Gasteiger partial charge is 0.394 e. The highest BCUT2D eigenvalue weighted by atomic mass is 35.5. The number of benzene rings is 2. The fourth-order valence-corrected chi connectivity index (χ4v) is 4.86. The maximum atomic E-state index is 13.9. The first-order valence-corrected chi connectivity index (χ1v) is 12.9. The first-order valence-electron chi connectivity index (χ1n) is 12.5. The average Bonchev–Trinajstić information content (AvgIpc) is 3.48. The number of carbonyl (C=O) groups is 2. The lowest BCUT2D eigenvalue weighted by molar-refractivity contribution is -0.126. The zero-order valence-corrected chi connectivity index (χ0v) is 22.8. The number of aromatic nitrogens is 4. The molecule has 3 N–H and O–H groups in total. The van der Waals surface area contributed by atoms with Gasteiger partial charge in [0.05, 0.1) is 41.4 Å². The summed E-state index contributed by atoms with van der Waals surface area (Å²) in [4.78, 5) is 36.7. The Balaban J connectivity index is 1.33. The molecule has 40 heavy (non-hydrogen) atoms. The Morgan fingerprint density at radius 3 is 2.73 bits per heavy atom. The van der Waals surface area contributed by atoms with Crippen molar-refractivity contribution >= 4 is 35.1 Å². The van der Waals surface area contributed by atoms with E-state index in [1.54, 1.807) is 50.1 Å². The SMILES string of the molecule is Cc1cc(F)cc(C(CO)NC(=O)C(C)N2Cc3ccc(-c4nc(Nc5cnn(C)c5)ncc4Cl)cc3C2=O)c1. The molecule has 0 spiro atoms. The van der Waals surface area contributed by atoms with Gasteiger partial charge in [0, 0.05) is 30.9 Å². The van der Waals surface area contributed by atoms with Crippen LogP contribution in [0.5, 0.6) is 0 Å². The maximum Gasteiger partial charge on any atom is 0.255 e. The zero-order chi connectivity index (χ0) is 28.6. The molecule has 0 aliphatic carbocycles. The van der Waals surface area contributed by atoms with Gasteiger partial charge in [-0.25, -0.2) is 14.4 Å². The second-order valence-electron chi connectivity index (χ2n) is 9.70. The predicted octanol–water partition coefficient (Wildman–Crippen LogP) is 3.92. The molecule has 2 unspecified atom stereocenters. The third kappa shape index (κ3) is 5.51. The molecule has 206 valence electrons. The number of rotatable bonds is 8. The number of nitrogens with zero attached hydrogens (tertiary/aromatic N) is 5. The standard InChI is InChI=1S/C28H27ClFN7O3/c1-15-6-19(8-20(30)7-15)24(14-38)34-26(39)16(2)37-12-18-5-4-17(9-22(18)27(37)40)25-23(29)11-31-28(35-25)33-21-10-32-36(3)13-21/h4-11,13,16,24,38H,12,14H2,1-3H3,(H,34,39)(H,31,33,35). The molecular weight excluding hydrogens is 537 g/mol. The molecule has 10 nitrogen and oxygen atoms in total. The third-order valence-corrected chi connectivity index (χ3v) is 7.01. The Morgan fingerprint density at radius 2 is 2.02 bits per heavy atom. The summed E-state index contributed by atoms with van der Waals surface area (Å²) in [6.45, 7) is 3.16. The lowest BCUT2D eigenvalue weighted by Gasteiger charge is -2.26. The number of anilines is 2. The van der Waals surface area contributed by atoms with Gasteiger partial charge < -0.3 is 20.6 Å². The average molecular weight is 564 g/mol. The fourth-order valence-electron chi connectivity index (χ4n) is 4.66. The minimum Gasteiger partial charge on any atom is -0.394 e. The van der Waals surface area contributed by atoms with Crippen molar-refractivity contribution in [3.05, 3.63) is 88.1 Å². The van der Waals surface area contributed by atoms with Gasteiger partial charge in [0.15, 0.2) is 0 Å². The molecule has 0 fully saturated rings. The van der Waals surface area contributed by atoms with Gasteiger partial charge >= 0.3 is 0 Å². The number of aliphatic hydroxyl groups excluding tert-OH is 1. The second kappa shape index (κ2) is 11.0. The second-order valence-corrected chi connectivity index (χ2v) is 10.1. The summed E-state index contributed by atoms with van der Waals surface area (Å²) >= 11 is 6.42. The molecule has 3 heterocycles. The summed E-state index contributed by atoms with van der Waals surface area (Å²) in [5, 5.41) is 20.1. The quantitative estimate of drug-likeness (QED) is 0.297. The minimum absolute atomic E-state index is 0.233. The number of fused-ring (bicyclic) bond motifs is 1. The van der Waals surface area contributed by atoms with Crippen LogP contribution in [0.15, 0.2) is 55.0 Å². The van der Waals surface area contributed by atoms with E-state index in [-0.39, 0.29) is 12.5 Å². The Labute approximate surface area is 234 Å². The van der Waals surface area contributed by atoms with E-state index in [9.17, 15) is 19.1 Å². The van der Waals surface area contributed by atoms with Crippen LogP contribution in [0.2, 0.25) is 5.02 Å². The summed E-state index contributed by atoms with van der Waals surface area (Å²) < 4.78 is 15.5. The molecule has 0 saturated heterocycles. The molecule has 0 saturated carbocycles. The highest BCUT2D eigenvalue weighted by Gasteiger charge is 2.35. The zero-order valence-electron chi connectivity index (χ0n) is 22.0. The van der Waals surface area contributed by atoms with Gasteiger partial charge in [-0.1, -0.05) is 29.8 Å². The lowest BCUT2D eigenvalue weighted by atomic mass is 10.0. The summed E-state index contributed by atoms with van der Waals surface area (Å²) in [7, 11) is 1.80. The summed E-state index contributed by atoms with van der Waals surface area (Å²) in [5.74, 6) is -0.925.